The van der Waals surface area contributed by atoms with Gasteiger partial charge in [-0.1, -0.05) is 0 Å². The van der Waals surface area contributed by atoms with E-state index in [4.69, 9.17) is 9.16 Å². The predicted octanol–water partition coefficient (Wildman–Crippen LogP) is 2.60. The zero-order valence-electron chi connectivity index (χ0n) is 11.4. The zero-order chi connectivity index (χ0) is 15.8. The Balaban J connectivity index is 2.20. The van der Waals surface area contributed by atoms with Gasteiger partial charge in [0.05, 0.1) is 11.7 Å². The van der Waals surface area contributed by atoms with Gasteiger partial charge in [0.15, 0.2) is 23.3 Å². The van der Waals surface area contributed by atoms with E-state index in [0.717, 1.165) is 6.42 Å². The Morgan fingerprint density at radius 3 is 2.00 bits per heavy atom. The molecule has 1 aromatic rings. The van der Waals surface area contributed by atoms with E-state index in [1.807, 2.05) is 0 Å². The standard InChI is InChI=1S/C13H13F5O2Si/c1-13(2,6-4-3-5-19-6)20-21-12-10(17)8(15)7(14)9(16)11(12)18/h6H,3-5H2,1-2H3. The first kappa shape index (κ1) is 16.4. The molecule has 2 nitrogen and oxygen atoms in total. The molecule has 2 radical (unpaired) electrons. The van der Waals surface area contributed by atoms with Crippen molar-refractivity contribution in [2.45, 2.75) is 38.4 Å². The number of halogens is 5. The highest BCUT2D eigenvalue weighted by molar-refractivity contribution is 6.47. The van der Waals surface area contributed by atoms with Crippen LogP contribution >= 0.6 is 0 Å². The largest absolute Gasteiger partial charge is 0.404 e. The molecule has 116 valence electrons. The quantitative estimate of drug-likeness (QED) is 0.367. The molecule has 0 aromatic heterocycles. The van der Waals surface area contributed by atoms with Gasteiger partial charge < -0.3 is 9.16 Å². The number of hydrogen-bond donors (Lipinski definition) is 0. The van der Waals surface area contributed by atoms with Crippen molar-refractivity contribution in [2.24, 2.45) is 0 Å². The average molecular weight is 324 g/mol. The highest BCUT2D eigenvalue weighted by Crippen LogP contribution is 2.26. The van der Waals surface area contributed by atoms with E-state index in [-0.39, 0.29) is 6.10 Å². The van der Waals surface area contributed by atoms with Gasteiger partial charge in [-0.05, 0) is 26.7 Å². The summed E-state index contributed by atoms with van der Waals surface area (Å²) in [6, 6.07) is 0. The summed E-state index contributed by atoms with van der Waals surface area (Å²) in [6.07, 6.45) is 1.28. The lowest BCUT2D eigenvalue weighted by atomic mass is 10.00. The Hall–Kier alpha value is -0.993. The SMILES string of the molecule is CC(C)(O[Si]c1c(F)c(F)c(F)c(F)c1F)C1CCCO1. The van der Waals surface area contributed by atoms with Crippen LogP contribution in [0, 0.1) is 29.1 Å². The molecule has 21 heavy (non-hydrogen) atoms. The smallest absolute Gasteiger partial charge is 0.276 e. The van der Waals surface area contributed by atoms with Crippen molar-refractivity contribution in [2.75, 3.05) is 6.61 Å². The monoisotopic (exact) mass is 324 g/mol. The minimum Gasteiger partial charge on any atom is -0.404 e. The van der Waals surface area contributed by atoms with Crippen LogP contribution in [-0.2, 0) is 9.16 Å². The van der Waals surface area contributed by atoms with Crippen LogP contribution in [0.3, 0.4) is 0 Å². The summed E-state index contributed by atoms with van der Waals surface area (Å²) in [7, 11) is -1.01. The van der Waals surface area contributed by atoms with E-state index in [2.05, 4.69) is 0 Å². The Morgan fingerprint density at radius 2 is 1.52 bits per heavy atom. The molecule has 2 rings (SSSR count). The van der Waals surface area contributed by atoms with E-state index in [0.29, 0.717) is 13.0 Å². The summed E-state index contributed by atoms with van der Waals surface area (Å²) in [4.78, 5) is 0. The second-order valence-corrected chi connectivity index (χ2v) is 6.16. The van der Waals surface area contributed by atoms with Crippen molar-refractivity contribution >= 4 is 14.9 Å². The van der Waals surface area contributed by atoms with E-state index in [1.165, 1.54) is 0 Å². The van der Waals surface area contributed by atoms with Gasteiger partial charge in [-0.2, -0.15) is 0 Å². The van der Waals surface area contributed by atoms with Crippen LogP contribution in [0.25, 0.3) is 0 Å². The average Bonchev–Trinajstić information content (AvgIpc) is 2.98. The first-order valence-corrected chi connectivity index (χ1v) is 7.23. The van der Waals surface area contributed by atoms with Crippen LogP contribution in [0.5, 0.6) is 0 Å². The molecule has 1 aliphatic rings. The molecule has 1 aromatic carbocycles. The fourth-order valence-electron chi connectivity index (χ4n) is 2.07. The minimum atomic E-state index is -2.17. The molecule has 1 heterocycles. The third kappa shape index (κ3) is 3.12. The van der Waals surface area contributed by atoms with Crippen molar-refractivity contribution in [3.8, 4) is 0 Å². The van der Waals surface area contributed by atoms with Crippen LogP contribution in [0.15, 0.2) is 0 Å². The molecule has 0 aliphatic carbocycles. The van der Waals surface area contributed by atoms with Gasteiger partial charge in [-0.15, -0.1) is 0 Å². The van der Waals surface area contributed by atoms with Crippen molar-refractivity contribution in [3.63, 3.8) is 0 Å². The zero-order valence-corrected chi connectivity index (χ0v) is 12.4. The van der Waals surface area contributed by atoms with Gasteiger partial charge >= 0.3 is 0 Å². The van der Waals surface area contributed by atoms with E-state index >= 15 is 0 Å². The fourth-order valence-corrected chi connectivity index (χ4v) is 2.96. The topological polar surface area (TPSA) is 18.5 Å². The van der Waals surface area contributed by atoms with E-state index < -0.39 is 49.6 Å². The molecule has 1 aliphatic heterocycles. The third-order valence-corrected chi connectivity index (χ3v) is 4.60. The summed E-state index contributed by atoms with van der Waals surface area (Å²) >= 11 is 0. The molecular formula is C13H13F5O2Si. The molecule has 0 spiro atoms. The first-order valence-electron chi connectivity index (χ1n) is 6.32. The van der Waals surface area contributed by atoms with Crippen molar-refractivity contribution < 1.29 is 31.1 Å². The lowest BCUT2D eigenvalue weighted by Gasteiger charge is -2.31. The molecule has 8 heteroatoms. The molecule has 1 fully saturated rings. The maximum absolute atomic E-state index is 13.5. The molecule has 0 amide bonds. The molecule has 1 unspecified atom stereocenters. The van der Waals surface area contributed by atoms with Gasteiger partial charge in [0.25, 0.3) is 9.76 Å². The molecule has 0 bridgehead atoms. The van der Waals surface area contributed by atoms with Gasteiger partial charge in [-0.3, -0.25) is 0 Å². The normalized spacial score (nSPS) is 19.3. The second kappa shape index (κ2) is 6.02. The first-order chi connectivity index (χ1) is 9.75. The van der Waals surface area contributed by atoms with Gasteiger partial charge in [0.2, 0.25) is 5.82 Å². The number of hydrogen-bond acceptors (Lipinski definition) is 2. The Kier molecular flexibility index (Phi) is 4.69. The summed E-state index contributed by atoms with van der Waals surface area (Å²) in [6.45, 7) is 3.87. The molecule has 0 saturated carbocycles. The second-order valence-electron chi connectivity index (χ2n) is 5.25. The minimum absolute atomic E-state index is 0.272. The number of rotatable bonds is 4. The summed E-state index contributed by atoms with van der Waals surface area (Å²) in [5.41, 5.74) is -0.880. The fraction of sp³-hybridized carbons (Fsp3) is 0.538. The van der Waals surface area contributed by atoms with Crippen LogP contribution in [0.2, 0.25) is 0 Å². The van der Waals surface area contributed by atoms with Crippen LogP contribution in [-0.4, -0.2) is 28.1 Å². The lowest BCUT2D eigenvalue weighted by molar-refractivity contribution is -0.0409. The van der Waals surface area contributed by atoms with Crippen LogP contribution in [0.4, 0.5) is 22.0 Å². The summed E-state index contributed by atoms with van der Waals surface area (Å²) in [5.74, 6) is -9.80. The van der Waals surface area contributed by atoms with Gasteiger partial charge in [0.1, 0.15) is 0 Å². The maximum atomic E-state index is 13.5. The third-order valence-electron chi connectivity index (χ3n) is 3.33. The highest BCUT2D eigenvalue weighted by atomic mass is 28.2. The molecule has 1 atom stereocenters. The molecule has 1 saturated heterocycles. The Bertz CT molecular complexity index is 515. The summed E-state index contributed by atoms with van der Waals surface area (Å²) < 4.78 is 77.0. The van der Waals surface area contributed by atoms with Crippen molar-refractivity contribution in [1.29, 1.82) is 0 Å². The molecule has 0 N–H and O–H groups in total. The number of benzene rings is 1. The summed E-state index contributed by atoms with van der Waals surface area (Å²) in [5, 5.41) is -0.947. The Morgan fingerprint density at radius 1 is 1.00 bits per heavy atom. The predicted molar refractivity (Wildman–Crippen MR) is 65.8 cm³/mol. The molecular weight excluding hydrogens is 311 g/mol. The van der Waals surface area contributed by atoms with Gasteiger partial charge in [-0.25, -0.2) is 22.0 Å². The van der Waals surface area contributed by atoms with E-state index in [1.54, 1.807) is 13.8 Å². The van der Waals surface area contributed by atoms with Gasteiger partial charge in [0, 0.05) is 11.8 Å². The van der Waals surface area contributed by atoms with Crippen molar-refractivity contribution in [3.05, 3.63) is 29.1 Å². The van der Waals surface area contributed by atoms with Crippen molar-refractivity contribution in [1.82, 2.24) is 0 Å². The lowest BCUT2D eigenvalue weighted by Crippen LogP contribution is -2.43. The van der Waals surface area contributed by atoms with Crippen LogP contribution < -0.4 is 5.19 Å². The van der Waals surface area contributed by atoms with Crippen LogP contribution in [0.1, 0.15) is 26.7 Å². The number of ether oxygens (including phenoxy) is 1. The Labute approximate surface area is 121 Å². The maximum Gasteiger partial charge on any atom is 0.276 e. The highest BCUT2D eigenvalue weighted by Gasteiger charge is 2.35. The van der Waals surface area contributed by atoms with E-state index in [9.17, 15) is 22.0 Å².